The first-order valence-electron chi connectivity index (χ1n) is 4.07. The average molecular weight is 157 g/mol. The molecule has 0 spiro atoms. The van der Waals surface area contributed by atoms with Crippen molar-refractivity contribution in [3.8, 4) is 0 Å². The highest BCUT2D eigenvalue weighted by atomic mass is 16.6. The van der Waals surface area contributed by atoms with Crippen molar-refractivity contribution in [1.29, 1.82) is 0 Å². The normalized spacial score (nSPS) is 21.9. The monoisotopic (exact) mass is 157 g/mol. The second-order valence-electron chi connectivity index (χ2n) is 3.36. The minimum Gasteiger partial charge on any atom is -0.371 e. The highest BCUT2D eigenvalue weighted by molar-refractivity contribution is 5.76. The molecule has 0 aromatic carbocycles. The largest absolute Gasteiger partial charge is 0.371 e. The Labute approximate surface area is 67.1 Å². The van der Waals surface area contributed by atoms with Crippen LogP contribution in [0.1, 0.15) is 20.3 Å². The third-order valence-corrected chi connectivity index (χ3v) is 1.52. The van der Waals surface area contributed by atoms with E-state index < -0.39 is 0 Å². The zero-order chi connectivity index (χ0) is 8.27. The molecule has 0 unspecified atom stereocenters. The maximum atomic E-state index is 11.0. The Morgan fingerprint density at radius 1 is 1.73 bits per heavy atom. The summed E-state index contributed by atoms with van der Waals surface area (Å²) in [4.78, 5) is 11.0. The topological polar surface area (TPSA) is 41.6 Å². The molecule has 0 bridgehead atoms. The van der Waals surface area contributed by atoms with Gasteiger partial charge < -0.3 is 10.1 Å². The molecule has 11 heavy (non-hydrogen) atoms. The molecule has 0 saturated carbocycles. The van der Waals surface area contributed by atoms with Gasteiger partial charge in [-0.15, -0.1) is 0 Å². The van der Waals surface area contributed by atoms with E-state index in [0.29, 0.717) is 25.0 Å². The van der Waals surface area contributed by atoms with Crippen LogP contribution in [0.2, 0.25) is 0 Å². The number of ether oxygens (including phenoxy) is 1. The van der Waals surface area contributed by atoms with E-state index in [4.69, 9.17) is 4.74 Å². The van der Waals surface area contributed by atoms with Crippen molar-refractivity contribution in [2.45, 2.75) is 26.4 Å². The first kappa shape index (κ1) is 8.53. The van der Waals surface area contributed by atoms with Crippen molar-refractivity contribution in [2.75, 3.05) is 13.2 Å². The third-order valence-electron chi connectivity index (χ3n) is 1.52. The summed E-state index contributed by atoms with van der Waals surface area (Å²) in [6.45, 7) is 5.56. The fraction of sp³-hybridized carbons (Fsp3) is 0.875. The number of nitrogens with one attached hydrogen (secondary N) is 1. The van der Waals surface area contributed by atoms with Gasteiger partial charge in [-0.2, -0.15) is 0 Å². The lowest BCUT2D eigenvalue weighted by Gasteiger charge is -2.04. The number of hydrogen-bond donors (Lipinski definition) is 1. The summed E-state index contributed by atoms with van der Waals surface area (Å²) in [6.07, 6.45) is 0.915. The van der Waals surface area contributed by atoms with Gasteiger partial charge in [-0.25, -0.2) is 0 Å². The minimum atomic E-state index is 0.135. The number of rotatable bonds is 4. The Balaban J connectivity index is 2.00. The zero-order valence-electron chi connectivity index (χ0n) is 7.09. The molecule has 1 heterocycles. The molecule has 1 aliphatic heterocycles. The average Bonchev–Trinajstić information content (AvgIpc) is 2.63. The predicted molar refractivity (Wildman–Crippen MR) is 42.2 cm³/mol. The van der Waals surface area contributed by atoms with Gasteiger partial charge in [-0.05, 0) is 5.92 Å². The lowest BCUT2D eigenvalue weighted by atomic mass is 10.1. The number of hydrogen-bond acceptors (Lipinski definition) is 2. The standard InChI is InChI=1S/C8H15NO2/c1-6(2)3-8(10)9-4-7-5-11-7/h6-7H,3-5H2,1-2H3,(H,9,10)/t7-/m1/s1. The molecule has 1 saturated heterocycles. The van der Waals surface area contributed by atoms with Crippen LogP contribution >= 0.6 is 0 Å². The van der Waals surface area contributed by atoms with Crippen LogP contribution in [-0.4, -0.2) is 25.2 Å². The van der Waals surface area contributed by atoms with E-state index in [-0.39, 0.29) is 5.91 Å². The third kappa shape index (κ3) is 3.98. The molecule has 1 rings (SSSR count). The van der Waals surface area contributed by atoms with Crippen LogP contribution < -0.4 is 5.32 Å². The Bertz CT molecular complexity index is 141. The van der Waals surface area contributed by atoms with Gasteiger partial charge in [0.25, 0.3) is 0 Å². The number of epoxide rings is 1. The van der Waals surface area contributed by atoms with Crippen LogP contribution in [0.5, 0.6) is 0 Å². The maximum absolute atomic E-state index is 11.0. The van der Waals surface area contributed by atoms with E-state index in [1.807, 2.05) is 13.8 Å². The summed E-state index contributed by atoms with van der Waals surface area (Å²) < 4.78 is 4.95. The lowest BCUT2D eigenvalue weighted by molar-refractivity contribution is -0.121. The van der Waals surface area contributed by atoms with Crippen LogP contribution in [0.25, 0.3) is 0 Å². The van der Waals surface area contributed by atoms with E-state index in [0.717, 1.165) is 6.61 Å². The molecule has 3 heteroatoms. The molecule has 0 aromatic heterocycles. The highest BCUT2D eigenvalue weighted by Gasteiger charge is 2.22. The van der Waals surface area contributed by atoms with Gasteiger partial charge in [0.1, 0.15) is 0 Å². The smallest absolute Gasteiger partial charge is 0.220 e. The van der Waals surface area contributed by atoms with E-state index in [1.54, 1.807) is 0 Å². The quantitative estimate of drug-likeness (QED) is 0.605. The molecule has 64 valence electrons. The van der Waals surface area contributed by atoms with Crippen molar-refractivity contribution in [2.24, 2.45) is 5.92 Å². The van der Waals surface area contributed by atoms with E-state index in [2.05, 4.69) is 5.32 Å². The summed E-state index contributed by atoms with van der Waals surface area (Å²) in [6, 6.07) is 0. The molecule has 0 aromatic rings. The second-order valence-corrected chi connectivity index (χ2v) is 3.36. The lowest BCUT2D eigenvalue weighted by Crippen LogP contribution is -2.28. The maximum Gasteiger partial charge on any atom is 0.220 e. The molecule has 1 N–H and O–H groups in total. The molecule has 3 nitrogen and oxygen atoms in total. The van der Waals surface area contributed by atoms with E-state index >= 15 is 0 Å². The first-order valence-corrected chi connectivity index (χ1v) is 4.07. The summed E-state index contributed by atoms with van der Waals surface area (Å²) in [5.41, 5.74) is 0. The van der Waals surface area contributed by atoms with Crippen LogP contribution in [0.15, 0.2) is 0 Å². The Kier molecular flexibility index (Phi) is 2.88. The second kappa shape index (κ2) is 3.72. The predicted octanol–water partition coefficient (Wildman–Crippen LogP) is 0.547. The molecule has 1 amide bonds. The number of carbonyl (C=O) groups excluding carboxylic acids is 1. The van der Waals surface area contributed by atoms with Gasteiger partial charge >= 0.3 is 0 Å². The molecular weight excluding hydrogens is 142 g/mol. The van der Waals surface area contributed by atoms with Crippen LogP contribution in [0.4, 0.5) is 0 Å². The van der Waals surface area contributed by atoms with Crippen molar-refractivity contribution in [3.05, 3.63) is 0 Å². The Morgan fingerprint density at radius 2 is 2.36 bits per heavy atom. The summed E-state index contributed by atoms with van der Waals surface area (Å²) in [5.74, 6) is 0.575. The van der Waals surface area contributed by atoms with Gasteiger partial charge in [0.05, 0.1) is 12.7 Å². The van der Waals surface area contributed by atoms with Crippen LogP contribution in [0, 0.1) is 5.92 Å². The Hall–Kier alpha value is -0.570. The summed E-state index contributed by atoms with van der Waals surface area (Å²) in [5, 5.41) is 2.81. The van der Waals surface area contributed by atoms with Gasteiger partial charge in [-0.1, -0.05) is 13.8 Å². The number of amides is 1. The summed E-state index contributed by atoms with van der Waals surface area (Å²) >= 11 is 0. The first-order chi connectivity index (χ1) is 5.18. The van der Waals surface area contributed by atoms with Crippen LogP contribution in [-0.2, 0) is 9.53 Å². The minimum absolute atomic E-state index is 0.135. The van der Waals surface area contributed by atoms with Gasteiger partial charge in [0.2, 0.25) is 5.91 Å². The Morgan fingerprint density at radius 3 is 2.82 bits per heavy atom. The van der Waals surface area contributed by atoms with Gasteiger partial charge in [-0.3, -0.25) is 4.79 Å². The summed E-state index contributed by atoms with van der Waals surface area (Å²) in [7, 11) is 0. The van der Waals surface area contributed by atoms with Crippen molar-refractivity contribution < 1.29 is 9.53 Å². The number of carbonyl (C=O) groups is 1. The zero-order valence-corrected chi connectivity index (χ0v) is 7.09. The van der Waals surface area contributed by atoms with Gasteiger partial charge in [0, 0.05) is 13.0 Å². The molecule has 1 fully saturated rings. The molecule has 0 radical (unpaired) electrons. The fourth-order valence-corrected chi connectivity index (χ4v) is 0.857. The van der Waals surface area contributed by atoms with Crippen LogP contribution in [0.3, 0.4) is 0 Å². The SMILES string of the molecule is CC(C)CC(=O)NC[C@@H]1CO1. The molecule has 0 aliphatic carbocycles. The van der Waals surface area contributed by atoms with Crippen molar-refractivity contribution in [1.82, 2.24) is 5.32 Å². The highest BCUT2D eigenvalue weighted by Crippen LogP contribution is 2.06. The molecular formula is C8H15NO2. The fourth-order valence-electron chi connectivity index (χ4n) is 0.857. The molecule has 1 aliphatic rings. The van der Waals surface area contributed by atoms with E-state index in [1.165, 1.54) is 0 Å². The van der Waals surface area contributed by atoms with E-state index in [9.17, 15) is 4.79 Å². The van der Waals surface area contributed by atoms with Gasteiger partial charge in [0.15, 0.2) is 0 Å². The van der Waals surface area contributed by atoms with Crippen molar-refractivity contribution >= 4 is 5.91 Å². The molecule has 1 atom stereocenters. The van der Waals surface area contributed by atoms with Crippen molar-refractivity contribution in [3.63, 3.8) is 0 Å².